The number of nitrogens with two attached hydrogens (primary N) is 1. The Morgan fingerprint density at radius 1 is 1.13 bits per heavy atom. The summed E-state index contributed by atoms with van der Waals surface area (Å²) in [5.41, 5.74) is 4.43. The fourth-order valence-corrected chi connectivity index (χ4v) is 2.86. The van der Waals surface area contributed by atoms with Crippen molar-refractivity contribution in [2.75, 3.05) is 10.6 Å². The number of aromatic nitrogens is 4. The van der Waals surface area contributed by atoms with E-state index in [-0.39, 0.29) is 28.1 Å². The summed E-state index contributed by atoms with van der Waals surface area (Å²) in [6.07, 6.45) is -4.35. The Kier molecular flexibility index (Phi) is 4.41. The Morgan fingerprint density at radius 2 is 1.87 bits per heavy atom. The number of nitrogen functional groups attached to an aromatic ring is 1. The van der Waals surface area contributed by atoms with Crippen LogP contribution in [-0.4, -0.2) is 31.7 Å². The summed E-state index contributed by atoms with van der Waals surface area (Å²) in [5.74, 6) is -2.86. The zero-order valence-electron chi connectivity index (χ0n) is 15.2. The quantitative estimate of drug-likeness (QED) is 0.508. The third-order valence-electron chi connectivity index (χ3n) is 4.11. The van der Waals surface area contributed by atoms with E-state index in [0.29, 0.717) is 5.76 Å². The molecule has 1 amide bonds. The zero-order chi connectivity index (χ0) is 21.6. The maximum atomic E-state index is 14.3. The fraction of sp³-hybridized carbons (Fsp3) is 0.111. The number of hydrogen-bond acceptors (Lipinski definition) is 6. The van der Waals surface area contributed by atoms with E-state index in [4.69, 9.17) is 10.2 Å². The van der Waals surface area contributed by atoms with Crippen LogP contribution in [0.2, 0.25) is 0 Å². The van der Waals surface area contributed by atoms with Crippen molar-refractivity contribution in [1.29, 1.82) is 0 Å². The van der Waals surface area contributed by atoms with E-state index < -0.39 is 29.3 Å². The van der Waals surface area contributed by atoms with Crippen LogP contribution in [0.1, 0.15) is 5.76 Å². The molecule has 4 aromatic rings. The van der Waals surface area contributed by atoms with Gasteiger partial charge in [-0.1, -0.05) is 12.1 Å². The molecule has 8 nitrogen and oxygen atoms in total. The van der Waals surface area contributed by atoms with Crippen LogP contribution in [0.5, 0.6) is 0 Å². The molecule has 0 saturated carbocycles. The van der Waals surface area contributed by atoms with Crippen LogP contribution in [0.25, 0.3) is 17.2 Å². The molecule has 1 aromatic carbocycles. The average molecular weight is 420 g/mol. The largest absolute Gasteiger partial charge is 0.472 e. The number of anilines is 3. The van der Waals surface area contributed by atoms with Gasteiger partial charge in [-0.05, 0) is 31.2 Å². The number of aryl methyl sites for hydroxylation is 1. The number of nitrogens with zero attached hydrogens (tertiary/aromatic N) is 5. The number of fused-ring (bicyclic) bond motifs is 1. The number of alkyl halides is 3. The Hall–Kier alpha value is -3.96. The zero-order valence-corrected chi connectivity index (χ0v) is 15.2. The van der Waals surface area contributed by atoms with Gasteiger partial charge in [0.15, 0.2) is 11.4 Å². The van der Waals surface area contributed by atoms with Crippen molar-refractivity contribution in [2.24, 2.45) is 0 Å². The van der Waals surface area contributed by atoms with E-state index >= 15 is 0 Å². The summed E-state index contributed by atoms with van der Waals surface area (Å²) in [6.45, 7) is 1.68. The second-order valence-electron chi connectivity index (χ2n) is 6.17. The second kappa shape index (κ2) is 6.83. The highest BCUT2D eigenvalue weighted by molar-refractivity contribution is 6.06. The first-order valence-electron chi connectivity index (χ1n) is 8.40. The van der Waals surface area contributed by atoms with Crippen molar-refractivity contribution in [3.05, 3.63) is 54.2 Å². The minimum absolute atomic E-state index is 0.0461. The first-order chi connectivity index (χ1) is 14.2. The van der Waals surface area contributed by atoms with E-state index in [9.17, 15) is 22.4 Å². The Bertz CT molecular complexity index is 1260. The maximum Gasteiger partial charge on any atom is 0.472 e. The highest BCUT2D eigenvalue weighted by Gasteiger charge is 2.45. The lowest BCUT2D eigenvalue weighted by molar-refractivity contribution is -0.169. The number of furan rings is 1. The number of carbonyl (C=O) groups is 1. The number of halogens is 4. The van der Waals surface area contributed by atoms with Crippen molar-refractivity contribution < 1.29 is 26.8 Å². The molecule has 0 aliphatic carbocycles. The molecule has 0 spiro atoms. The van der Waals surface area contributed by atoms with Gasteiger partial charge in [0.2, 0.25) is 11.8 Å². The molecule has 0 unspecified atom stereocenters. The van der Waals surface area contributed by atoms with Crippen LogP contribution in [0, 0.1) is 12.7 Å². The molecule has 0 bridgehead atoms. The first kappa shape index (κ1) is 19.4. The third kappa shape index (κ3) is 3.21. The topological polar surface area (TPSA) is 103 Å². The van der Waals surface area contributed by atoms with Crippen molar-refractivity contribution >= 4 is 28.9 Å². The molecular formula is C18H12F4N6O2. The Balaban J connectivity index is 1.98. The van der Waals surface area contributed by atoms with Crippen LogP contribution in [0.4, 0.5) is 34.9 Å². The van der Waals surface area contributed by atoms with Crippen LogP contribution < -0.4 is 10.6 Å². The highest BCUT2D eigenvalue weighted by atomic mass is 19.4. The molecule has 30 heavy (non-hydrogen) atoms. The minimum atomic E-state index is -5.30. The predicted octanol–water partition coefficient (Wildman–Crippen LogP) is 3.64. The molecule has 3 aromatic heterocycles. The fourth-order valence-electron chi connectivity index (χ4n) is 2.86. The second-order valence-corrected chi connectivity index (χ2v) is 6.17. The molecule has 0 atom stereocenters. The monoisotopic (exact) mass is 420 g/mol. The Labute approximate surface area is 165 Å². The molecule has 4 rings (SSSR count). The van der Waals surface area contributed by atoms with Gasteiger partial charge in [-0.15, -0.1) is 0 Å². The smallest absolute Gasteiger partial charge is 0.458 e. The maximum absolute atomic E-state index is 14.3. The number of rotatable bonds is 3. The van der Waals surface area contributed by atoms with Gasteiger partial charge in [0.1, 0.15) is 17.3 Å². The van der Waals surface area contributed by atoms with Crippen molar-refractivity contribution in [3.63, 3.8) is 0 Å². The molecule has 2 N–H and O–H groups in total. The summed E-state index contributed by atoms with van der Waals surface area (Å²) in [4.78, 5) is 20.3. The van der Waals surface area contributed by atoms with Gasteiger partial charge in [0.05, 0.1) is 11.9 Å². The standard InChI is InChI=1S/C18H12F4N6O2/c1-9-6-7-13(30-9)15-26-17(23)25-14-12(8-24-28(14)15)27(16(29)18(20,21)22)11-5-3-2-4-10(11)19/h2-8H,1H3,(H2,23,25). The highest BCUT2D eigenvalue weighted by Crippen LogP contribution is 2.35. The first-order valence-corrected chi connectivity index (χ1v) is 8.40. The van der Waals surface area contributed by atoms with Gasteiger partial charge in [0.25, 0.3) is 0 Å². The Morgan fingerprint density at radius 3 is 2.50 bits per heavy atom. The molecule has 0 saturated heterocycles. The molecule has 0 aliphatic rings. The van der Waals surface area contributed by atoms with Gasteiger partial charge in [-0.3, -0.25) is 9.69 Å². The summed E-state index contributed by atoms with van der Waals surface area (Å²) >= 11 is 0. The molecular weight excluding hydrogens is 408 g/mol. The van der Waals surface area contributed by atoms with E-state index in [1.807, 2.05) is 0 Å². The van der Waals surface area contributed by atoms with Gasteiger partial charge < -0.3 is 10.2 Å². The van der Waals surface area contributed by atoms with E-state index in [1.165, 1.54) is 12.1 Å². The van der Waals surface area contributed by atoms with Crippen LogP contribution in [0.3, 0.4) is 0 Å². The number of para-hydroxylation sites is 1. The molecule has 0 aliphatic heterocycles. The van der Waals surface area contributed by atoms with E-state index in [1.54, 1.807) is 19.1 Å². The third-order valence-corrected chi connectivity index (χ3v) is 4.11. The summed E-state index contributed by atoms with van der Waals surface area (Å²) in [5, 5.41) is 3.98. The van der Waals surface area contributed by atoms with Crippen LogP contribution in [0.15, 0.2) is 47.0 Å². The average Bonchev–Trinajstić information content (AvgIpc) is 3.29. The van der Waals surface area contributed by atoms with Crippen molar-refractivity contribution in [2.45, 2.75) is 13.1 Å². The van der Waals surface area contributed by atoms with Crippen molar-refractivity contribution in [3.8, 4) is 11.6 Å². The summed E-state index contributed by atoms with van der Waals surface area (Å²) in [6, 6.07) is 7.74. The minimum Gasteiger partial charge on any atom is -0.458 e. The van der Waals surface area contributed by atoms with Crippen LogP contribution in [-0.2, 0) is 4.79 Å². The number of hydrogen-bond donors (Lipinski definition) is 1. The summed E-state index contributed by atoms with van der Waals surface area (Å²) < 4.78 is 60.8. The van der Waals surface area contributed by atoms with Gasteiger partial charge in [0, 0.05) is 0 Å². The molecule has 0 radical (unpaired) electrons. The number of amides is 1. The van der Waals surface area contributed by atoms with Crippen molar-refractivity contribution in [1.82, 2.24) is 19.6 Å². The number of benzene rings is 1. The van der Waals surface area contributed by atoms with E-state index in [0.717, 1.165) is 22.8 Å². The number of carbonyl (C=O) groups excluding carboxylic acids is 1. The SMILES string of the molecule is Cc1ccc(-c2nc(N)nc3c(N(C(=O)C(F)(F)F)c4ccccc4F)cnn23)o1. The summed E-state index contributed by atoms with van der Waals surface area (Å²) in [7, 11) is 0. The van der Waals surface area contributed by atoms with Gasteiger partial charge in [-0.2, -0.15) is 32.8 Å². The van der Waals surface area contributed by atoms with E-state index in [2.05, 4.69) is 15.1 Å². The van der Waals surface area contributed by atoms with Gasteiger partial charge in [-0.25, -0.2) is 4.39 Å². The molecule has 0 fully saturated rings. The predicted molar refractivity (Wildman–Crippen MR) is 97.2 cm³/mol. The van der Waals surface area contributed by atoms with Crippen LogP contribution >= 0.6 is 0 Å². The normalized spacial score (nSPS) is 11.8. The lowest BCUT2D eigenvalue weighted by Gasteiger charge is -2.23. The molecule has 3 heterocycles. The lowest BCUT2D eigenvalue weighted by Crippen LogP contribution is -2.38. The van der Waals surface area contributed by atoms with Gasteiger partial charge >= 0.3 is 12.1 Å². The molecule has 154 valence electrons. The lowest BCUT2D eigenvalue weighted by atomic mass is 10.2. The molecule has 12 heteroatoms.